The molecule has 0 atom stereocenters. The van der Waals surface area contributed by atoms with E-state index >= 15 is 0 Å². The Morgan fingerprint density at radius 1 is 1.57 bits per heavy atom. The highest BCUT2D eigenvalue weighted by Gasteiger charge is 1.81. The molecule has 0 unspecified atom stereocenters. The minimum absolute atomic E-state index is 0. The van der Waals surface area contributed by atoms with Crippen LogP contribution >= 0.6 is 0 Å². The fourth-order valence-corrected chi connectivity index (χ4v) is 0. The van der Waals surface area contributed by atoms with Crippen LogP contribution in [0.5, 0.6) is 0 Å². The minimum atomic E-state index is -0.968. The van der Waals surface area contributed by atoms with E-state index in [9.17, 15) is 4.79 Å². The molecule has 0 fully saturated rings. The van der Waals surface area contributed by atoms with Gasteiger partial charge >= 0.3 is 5.97 Å². The predicted octanol–water partition coefficient (Wildman–Crippen LogP) is -3.34. The Hall–Kier alpha value is 0.495. The molecule has 0 saturated carbocycles. The summed E-state index contributed by atoms with van der Waals surface area (Å²) in [6, 6.07) is 0. The van der Waals surface area contributed by atoms with Crippen LogP contribution in [-0.2, 0) is 4.79 Å². The molecule has 3 N–H and O–H groups in total. The Kier molecular flexibility index (Phi) is 21.7. The number of rotatable bonds is 1. The lowest BCUT2D eigenvalue weighted by atomic mass is 10.7. The predicted molar refractivity (Wildman–Crippen MR) is 36.6 cm³/mol. The average Bonchev–Trinajstić information content (AvgIpc) is 1.38. The second-order valence-electron chi connectivity index (χ2n) is 0.598. The second-order valence-corrected chi connectivity index (χ2v) is 0.598. The van der Waals surface area contributed by atoms with Crippen LogP contribution < -0.4 is 5.73 Å². The lowest BCUT2D eigenvalue weighted by Crippen LogP contribution is -2.10. The molecule has 42 valence electrons. The van der Waals surface area contributed by atoms with Crippen LogP contribution in [0.1, 0.15) is 0 Å². The molecule has 0 spiro atoms. The molecule has 3 nitrogen and oxygen atoms in total. The molecule has 0 aliphatic carbocycles. The van der Waals surface area contributed by atoms with Gasteiger partial charge in [0.05, 0.1) is 6.54 Å². The first-order valence-electron chi connectivity index (χ1n) is 1.19. The van der Waals surface area contributed by atoms with Crippen molar-refractivity contribution >= 4 is 40.7 Å². The van der Waals surface area contributed by atoms with E-state index in [-0.39, 0.29) is 41.3 Å². The van der Waals surface area contributed by atoms with Gasteiger partial charge in [-0.05, 0) is 0 Å². The first-order chi connectivity index (χ1) is 2.27. The van der Waals surface area contributed by atoms with Crippen molar-refractivity contribution in [1.29, 1.82) is 0 Å². The summed E-state index contributed by atoms with van der Waals surface area (Å²) in [5.41, 5.74) is 4.57. The number of hydrogen-bond acceptors (Lipinski definition) is 2. The number of carbonyl (C=O) groups is 1. The molecule has 0 amide bonds. The van der Waals surface area contributed by atoms with Gasteiger partial charge in [-0.3, -0.25) is 4.79 Å². The second kappa shape index (κ2) is 9.71. The Morgan fingerprint density at radius 3 is 1.71 bits per heavy atom. The lowest BCUT2D eigenvalue weighted by Gasteiger charge is -1.73. The van der Waals surface area contributed by atoms with E-state index < -0.39 is 5.97 Å². The normalized spacial score (nSPS) is 5.29. The molecule has 0 aliphatic rings. The molecule has 0 rings (SSSR count). The van der Waals surface area contributed by atoms with Gasteiger partial charge in [0.15, 0.2) is 34.7 Å². The number of carboxylic acids is 1. The monoisotopic (exact) mass is 135 g/mol. The molecule has 0 saturated heterocycles. The molecule has 0 bridgehead atoms. The Labute approximate surface area is 63.1 Å². The zero-order valence-corrected chi connectivity index (χ0v) is 2.64. The smallest absolute Gasteiger partial charge is 0.317 e. The van der Waals surface area contributed by atoms with Gasteiger partial charge in [0, 0.05) is 0 Å². The fourth-order valence-electron chi connectivity index (χ4n) is 0. The van der Waals surface area contributed by atoms with Crippen LogP contribution in [0.25, 0.3) is 0 Å². The van der Waals surface area contributed by atoms with E-state index in [2.05, 4.69) is 5.73 Å². The van der Waals surface area contributed by atoms with Crippen LogP contribution in [-0.4, -0.2) is 52.3 Å². The summed E-state index contributed by atoms with van der Waals surface area (Å²) in [5, 5.41) is 7.60. The first-order valence-corrected chi connectivity index (χ1v) is 1.19. The molecule has 0 aromatic heterocycles. The van der Waals surface area contributed by atoms with Crippen molar-refractivity contribution in [2.45, 2.75) is 0 Å². The lowest BCUT2D eigenvalue weighted by molar-refractivity contribution is -0.135. The van der Waals surface area contributed by atoms with Gasteiger partial charge in [0.25, 0.3) is 0 Å². The SMILES string of the molecule is NCC(=O)O.[AlH3].[AlH3]. The number of nitrogens with two attached hydrogens (primary N) is 1. The largest absolute Gasteiger partial charge is 0.480 e. The summed E-state index contributed by atoms with van der Waals surface area (Å²) < 4.78 is 0. The molecular formula is C2H11Al2NO2. The van der Waals surface area contributed by atoms with Gasteiger partial charge in [0.1, 0.15) is 0 Å². The summed E-state index contributed by atoms with van der Waals surface area (Å²) >= 11 is 0. The molecule has 0 aliphatic heterocycles. The third-order valence-corrected chi connectivity index (χ3v) is 0.175. The van der Waals surface area contributed by atoms with Crippen LogP contribution in [0.3, 0.4) is 0 Å². The van der Waals surface area contributed by atoms with Crippen LogP contribution in [0.15, 0.2) is 0 Å². The van der Waals surface area contributed by atoms with Crippen molar-refractivity contribution in [2.75, 3.05) is 6.54 Å². The molecular weight excluding hydrogens is 124 g/mol. The zero-order chi connectivity index (χ0) is 4.28. The summed E-state index contributed by atoms with van der Waals surface area (Å²) in [7, 11) is 0. The van der Waals surface area contributed by atoms with E-state index in [4.69, 9.17) is 5.11 Å². The van der Waals surface area contributed by atoms with Crippen molar-refractivity contribution < 1.29 is 9.90 Å². The summed E-state index contributed by atoms with van der Waals surface area (Å²) in [5.74, 6) is -0.968. The third kappa shape index (κ3) is 21.1. The van der Waals surface area contributed by atoms with Gasteiger partial charge < -0.3 is 10.8 Å². The Balaban J connectivity index is -0.0000000800. The van der Waals surface area contributed by atoms with Gasteiger partial charge in [-0.15, -0.1) is 0 Å². The zero-order valence-electron chi connectivity index (χ0n) is 2.64. The topological polar surface area (TPSA) is 63.3 Å². The summed E-state index contributed by atoms with van der Waals surface area (Å²) in [4.78, 5) is 9.24. The maximum absolute atomic E-state index is 9.24. The molecule has 0 aromatic carbocycles. The summed E-state index contributed by atoms with van der Waals surface area (Å²) in [6.45, 7) is -0.278. The van der Waals surface area contributed by atoms with E-state index in [1.807, 2.05) is 0 Å². The van der Waals surface area contributed by atoms with Crippen molar-refractivity contribution in [1.82, 2.24) is 0 Å². The van der Waals surface area contributed by atoms with E-state index in [0.717, 1.165) is 0 Å². The minimum Gasteiger partial charge on any atom is -0.480 e. The molecule has 7 heavy (non-hydrogen) atoms. The maximum Gasteiger partial charge on any atom is 0.317 e. The van der Waals surface area contributed by atoms with Crippen LogP contribution in [0.2, 0.25) is 0 Å². The number of hydrogen-bond donors (Lipinski definition) is 2. The molecule has 0 radical (unpaired) electrons. The summed E-state index contributed by atoms with van der Waals surface area (Å²) in [6.07, 6.45) is 0. The fraction of sp³-hybridized carbons (Fsp3) is 0.500. The van der Waals surface area contributed by atoms with Crippen LogP contribution in [0, 0.1) is 0 Å². The van der Waals surface area contributed by atoms with E-state index in [1.165, 1.54) is 0 Å². The van der Waals surface area contributed by atoms with Gasteiger partial charge in [-0.2, -0.15) is 0 Å². The van der Waals surface area contributed by atoms with E-state index in [1.54, 1.807) is 0 Å². The highest BCUT2D eigenvalue weighted by Crippen LogP contribution is 1.43. The molecule has 0 heterocycles. The maximum atomic E-state index is 9.24. The quantitative estimate of drug-likeness (QED) is 0.369. The first kappa shape index (κ1) is 15.6. The molecule has 5 heteroatoms. The highest BCUT2D eigenvalue weighted by atomic mass is 27.0. The van der Waals surface area contributed by atoms with Gasteiger partial charge in [0.2, 0.25) is 0 Å². The Bertz CT molecular complexity index is 49.0. The van der Waals surface area contributed by atoms with Crippen molar-refractivity contribution in [2.24, 2.45) is 5.73 Å². The highest BCUT2D eigenvalue weighted by molar-refractivity contribution is 5.76. The average molecular weight is 135 g/mol. The van der Waals surface area contributed by atoms with E-state index in [0.29, 0.717) is 0 Å². The number of carboxylic acid groups (broad SMARTS) is 1. The van der Waals surface area contributed by atoms with Crippen molar-refractivity contribution in [3.8, 4) is 0 Å². The van der Waals surface area contributed by atoms with Crippen LogP contribution in [0.4, 0.5) is 0 Å². The van der Waals surface area contributed by atoms with Crippen molar-refractivity contribution in [3.05, 3.63) is 0 Å². The van der Waals surface area contributed by atoms with Crippen molar-refractivity contribution in [3.63, 3.8) is 0 Å². The van der Waals surface area contributed by atoms with Gasteiger partial charge in [-0.25, -0.2) is 0 Å². The third-order valence-electron chi connectivity index (χ3n) is 0.175. The number of aliphatic carboxylic acids is 1. The molecule has 0 aromatic rings. The standard InChI is InChI=1S/C2H5NO2.2Al.6H/c3-1-2(4)5;;;;;;;;/h1,3H2,(H,4,5);;;;;;;;. The van der Waals surface area contributed by atoms with Gasteiger partial charge in [-0.1, -0.05) is 0 Å². The Morgan fingerprint density at radius 2 is 1.71 bits per heavy atom.